The maximum Gasteiger partial charge on any atom is 0.123 e. The van der Waals surface area contributed by atoms with E-state index in [-0.39, 0.29) is 5.41 Å². The van der Waals surface area contributed by atoms with Gasteiger partial charge in [0.15, 0.2) is 0 Å². The van der Waals surface area contributed by atoms with Crippen molar-refractivity contribution in [1.82, 2.24) is 5.32 Å². The Hall–Kier alpha value is -1.51. The van der Waals surface area contributed by atoms with Gasteiger partial charge in [-0.3, -0.25) is 0 Å². The highest BCUT2D eigenvalue weighted by atomic mass is 35.5. The number of phenols is 1. The molecule has 130 valence electrons. The Morgan fingerprint density at radius 3 is 2.76 bits per heavy atom. The van der Waals surface area contributed by atoms with Gasteiger partial charge in [-0.25, -0.2) is 0 Å². The van der Waals surface area contributed by atoms with Gasteiger partial charge in [0.05, 0.1) is 0 Å². The molecule has 1 aliphatic heterocycles. The van der Waals surface area contributed by atoms with Crippen molar-refractivity contribution in [1.29, 1.82) is 0 Å². The number of benzene rings is 2. The van der Waals surface area contributed by atoms with Crippen LogP contribution in [0.25, 0.3) is 11.1 Å². The lowest BCUT2D eigenvalue weighted by Gasteiger charge is -2.56. The second-order valence-corrected chi connectivity index (χ2v) is 8.49. The molecule has 0 amide bonds. The molecule has 0 aromatic heterocycles. The lowest BCUT2D eigenvalue weighted by molar-refractivity contribution is 0.0796. The SMILES string of the molecule is Oc1cc2c(cc1-c1ccc(Cl)cc1)C[C@H]1NCC[C@@]23CCCC[C@@H]13. The van der Waals surface area contributed by atoms with Gasteiger partial charge in [0.25, 0.3) is 0 Å². The summed E-state index contributed by atoms with van der Waals surface area (Å²) in [4.78, 5) is 0. The molecular weight excluding hydrogens is 330 g/mol. The van der Waals surface area contributed by atoms with Crippen LogP contribution in [0.5, 0.6) is 5.75 Å². The van der Waals surface area contributed by atoms with Crippen LogP contribution in [-0.2, 0) is 11.8 Å². The molecule has 3 heteroatoms. The molecule has 2 nitrogen and oxygen atoms in total. The van der Waals surface area contributed by atoms with Crippen LogP contribution in [0.2, 0.25) is 5.02 Å². The largest absolute Gasteiger partial charge is 0.507 e. The first-order valence-corrected chi connectivity index (χ1v) is 9.91. The molecule has 2 N–H and O–H groups in total. The zero-order valence-corrected chi connectivity index (χ0v) is 15.1. The number of piperidine rings is 1. The first kappa shape index (κ1) is 15.7. The van der Waals surface area contributed by atoms with E-state index in [2.05, 4.69) is 17.4 Å². The van der Waals surface area contributed by atoms with Crippen LogP contribution >= 0.6 is 11.6 Å². The third kappa shape index (κ3) is 2.34. The molecule has 0 radical (unpaired) electrons. The van der Waals surface area contributed by atoms with Crippen LogP contribution in [0.15, 0.2) is 36.4 Å². The number of nitrogens with one attached hydrogen (secondary N) is 1. The van der Waals surface area contributed by atoms with E-state index >= 15 is 0 Å². The lowest BCUT2D eigenvalue weighted by atomic mass is 9.52. The molecule has 2 aromatic carbocycles. The number of halogens is 1. The van der Waals surface area contributed by atoms with Gasteiger partial charge in [0.1, 0.15) is 5.75 Å². The normalized spacial score (nSPS) is 30.4. The monoisotopic (exact) mass is 353 g/mol. The quantitative estimate of drug-likeness (QED) is 0.751. The van der Waals surface area contributed by atoms with E-state index in [9.17, 15) is 5.11 Å². The van der Waals surface area contributed by atoms with Crippen molar-refractivity contribution in [2.75, 3.05) is 6.54 Å². The lowest BCUT2D eigenvalue weighted by Crippen LogP contribution is -2.59. The maximum atomic E-state index is 10.8. The van der Waals surface area contributed by atoms with Crippen molar-refractivity contribution < 1.29 is 5.11 Å². The fourth-order valence-electron chi connectivity index (χ4n) is 5.83. The first-order valence-electron chi connectivity index (χ1n) is 9.53. The molecule has 1 saturated carbocycles. The Labute approximate surface area is 154 Å². The Morgan fingerprint density at radius 2 is 1.92 bits per heavy atom. The summed E-state index contributed by atoms with van der Waals surface area (Å²) in [5.74, 6) is 1.15. The molecule has 5 rings (SSSR count). The molecule has 2 aliphatic carbocycles. The highest BCUT2D eigenvalue weighted by Crippen LogP contribution is 2.55. The predicted molar refractivity (Wildman–Crippen MR) is 102 cm³/mol. The fraction of sp³-hybridized carbons (Fsp3) is 0.455. The summed E-state index contributed by atoms with van der Waals surface area (Å²) in [5, 5.41) is 15.3. The van der Waals surface area contributed by atoms with Crippen LogP contribution in [0.3, 0.4) is 0 Å². The van der Waals surface area contributed by atoms with E-state index in [1.54, 1.807) is 0 Å². The average Bonchev–Trinajstić information content (AvgIpc) is 2.63. The number of hydrogen-bond donors (Lipinski definition) is 2. The van der Waals surface area contributed by atoms with Gasteiger partial charge in [-0.15, -0.1) is 0 Å². The third-order valence-electron chi connectivity index (χ3n) is 6.91. The molecule has 3 atom stereocenters. The summed E-state index contributed by atoms with van der Waals surface area (Å²) in [6, 6.07) is 12.7. The first-order chi connectivity index (χ1) is 12.2. The van der Waals surface area contributed by atoms with Crippen LogP contribution in [0, 0.1) is 5.92 Å². The zero-order valence-electron chi connectivity index (χ0n) is 14.4. The minimum absolute atomic E-state index is 0.289. The molecule has 0 spiro atoms. The van der Waals surface area contributed by atoms with Gasteiger partial charge in [-0.05, 0) is 79.1 Å². The summed E-state index contributed by atoms with van der Waals surface area (Å²) >= 11 is 6.02. The van der Waals surface area contributed by atoms with Crippen LogP contribution in [0.4, 0.5) is 0 Å². The summed E-state index contributed by atoms with van der Waals surface area (Å²) in [5.41, 5.74) is 5.12. The van der Waals surface area contributed by atoms with E-state index in [0.29, 0.717) is 11.8 Å². The van der Waals surface area contributed by atoms with Gasteiger partial charge < -0.3 is 10.4 Å². The van der Waals surface area contributed by atoms with Crippen molar-refractivity contribution in [2.45, 2.75) is 50.0 Å². The van der Waals surface area contributed by atoms with Crippen LogP contribution in [-0.4, -0.2) is 17.7 Å². The van der Waals surface area contributed by atoms with Gasteiger partial charge in [0.2, 0.25) is 0 Å². The Morgan fingerprint density at radius 1 is 1.08 bits per heavy atom. The predicted octanol–water partition coefficient (Wildman–Crippen LogP) is 5.06. The third-order valence-corrected chi connectivity index (χ3v) is 7.17. The number of rotatable bonds is 1. The Bertz CT molecular complexity index is 812. The van der Waals surface area contributed by atoms with Crippen molar-refractivity contribution in [3.8, 4) is 16.9 Å². The van der Waals surface area contributed by atoms with Crippen molar-refractivity contribution in [3.63, 3.8) is 0 Å². The Balaban J connectivity index is 1.65. The van der Waals surface area contributed by atoms with Crippen LogP contribution < -0.4 is 5.32 Å². The molecule has 3 aliphatic rings. The molecule has 2 bridgehead atoms. The second kappa shape index (κ2) is 5.75. The van der Waals surface area contributed by atoms with E-state index in [0.717, 1.165) is 35.0 Å². The highest BCUT2D eigenvalue weighted by Gasteiger charge is 2.51. The van der Waals surface area contributed by atoms with Crippen molar-refractivity contribution >= 4 is 11.6 Å². The summed E-state index contributed by atoms with van der Waals surface area (Å²) in [6.07, 6.45) is 7.58. The number of aromatic hydroxyl groups is 1. The van der Waals surface area contributed by atoms with Gasteiger partial charge in [-0.2, -0.15) is 0 Å². The minimum atomic E-state index is 0.289. The van der Waals surface area contributed by atoms with Gasteiger partial charge >= 0.3 is 0 Å². The smallest absolute Gasteiger partial charge is 0.123 e. The van der Waals surface area contributed by atoms with Crippen molar-refractivity contribution in [3.05, 3.63) is 52.5 Å². The number of fused-ring (bicyclic) bond motifs is 1. The molecule has 2 aromatic rings. The van der Waals surface area contributed by atoms with Crippen LogP contribution in [0.1, 0.15) is 43.2 Å². The van der Waals surface area contributed by atoms with E-state index < -0.39 is 0 Å². The summed E-state index contributed by atoms with van der Waals surface area (Å²) < 4.78 is 0. The molecule has 2 fully saturated rings. The Kier molecular flexibility index (Phi) is 3.62. The molecular formula is C22H24ClNO. The van der Waals surface area contributed by atoms with Gasteiger partial charge in [-0.1, -0.05) is 36.6 Å². The van der Waals surface area contributed by atoms with E-state index in [4.69, 9.17) is 11.6 Å². The average molecular weight is 354 g/mol. The summed E-state index contributed by atoms with van der Waals surface area (Å²) in [7, 11) is 0. The minimum Gasteiger partial charge on any atom is -0.507 e. The highest BCUT2D eigenvalue weighted by molar-refractivity contribution is 6.30. The fourth-order valence-corrected chi connectivity index (χ4v) is 5.96. The topological polar surface area (TPSA) is 32.3 Å². The molecule has 1 saturated heterocycles. The molecule has 25 heavy (non-hydrogen) atoms. The summed E-state index contributed by atoms with van der Waals surface area (Å²) in [6.45, 7) is 1.11. The molecule has 1 heterocycles. The van der Waals surface area contributed by atoms with E-state index in [1.165, 1.54) is 43.2 Å². The van der Waals surface area contributed by atoms with E-state index in [1.807, 2.05) is 24.3 Å². The van der Waals surface area contributed by atoms with Gasteiger partial charge in [0, 0.05) is 22.0 Å². The standard InChI is InChI=1S/C22H24ClNO/c23-16-6-4-14(5-7-16)17-11-15-12-20-18-3-1-2-8-22(18,9-10-24-20)19(15)13-21(17)25/h4-7,11,13,18,20,24-25H,1-3,8-10,12H2/t18-,20+,22+/m0/s1. The molecule has 0 unspecified atom stereocenters. The second-order valence-electron chi connectivity index (χ2n) is 8.06. The number of phenolic OH excluding ortho intramolecular Hbond substituents is 1. The zero-order chi connectivity index (χ0) is 17.0. The van der Waals surface area contributed by atoms with Crippen molar-refractivity contribution in [2.24, 2.45) is 5.92 Å². The maximum absolute atomic E-state index is 10.8. The number of hydrogen-bond acceptors (Lipinski definition) is 2.